The number of benzene rings is 1. The highest BCUT2D eigenvalue weighted by Gasteiger charge is 2.17. The van der Waals surface area contributed by atoms with E-state index in [-0.39, 0.29) is 29.3 Å². The summed E-state index contributed by atoms with van der Waals surface area (Å²) < 4.78 is 9.07. The first kappa shape index (κ1) is 15.8. The van der Waals surface area contributed by atoms with Crippen molar-refractivity contribution >= 4 is 11.2 Å². The van der Waals surface area contributed by atoms with Gasteiger partial charge in [-0.25, -0.2) is 9.78 Å². The molecule has 0 unspecified atom stereocenters. The number of phenolic OH excluding ortho intramolecular Hbond substituents is 1. The zero-order chi connectivity index (χ0) is 18.4. The number of para-hydroxylation sites is 1. The lowest BCUT2D eigenvalue weighted by Gasteiger charge is -2.04. The molecule has 4 rings (SSSR count). The van der Waals surface area contributed by atoms with Crippen molar-refractivity contribution in [3.63, 3.8) is 0 Å². The molecule has 1 N–H and O–H groups in total. The zero-order valence-corrected chi connectivity index (χ0v) is 13.9. The van der Waals surface area contributed by atoms with E-state index in [9.17, 15) is 14.7 Å². The highest BCUT2D eigenvalue weighted by atomic mass is 16.5. The van der Waals surface area contributed by atoms with Gasteiger partial charge in [-0.2, -0.15) is 4.98 Å². The van der Waals surface area contributed by atoms with E-state index >= 15 is 0 Å². The number of hydrogen-bond acceptors (Lipinski definition) is 7. The van der Waals surface area contributed by atoms with Crippen LogP contribution in [0.25, 0.3) is 22.6 Å². The van der Waals surface area contributed by atoms with Gasteiger partial charge in [0.15, 0.2) is 17.0 Å². The summed E-state index contributed by atoms with van der Waals surface area (Å²) in [6, 6.07) is 6.61. The van der Waals surface area contributed by atoms with Crippen LogP contribution in [0.2, 0.25) is 0 Å². The summed E-state index contributed by atoms with van der Waals surface area (Å²) in [5.41, 5.74) is 0.0604. The maximum absolute atomic E-state index is 12.4. The zero-order valence-electron chi connectivity index (χ0n) is 13.9. The van der Waals surface area contributed by atoms with Crippen molar-refractivity contribution in [1.82, 2.24) is 28.8 Å². The van der Waals surface area contributed by atoms with Gasteiger partial charge in [-0.1, -0.05) is 17.3 Å². The first-order chi connectivity index (χ1) is 12.5. The average molecular weight is 354 g/mol. The Morgan fingerprint density at radius 1 is 1.15 bits per heavy atom. The second-order valence-electron chi connectivity index (χ2n) is 5.78. The van der Waals surface area contributed by atoms with Crippen LogP contribution >= 0.6 is 0 Å². The molecule has 3 aromatic heterocycles. The number of nitrogens with zero attached hydrogens (tertiary/aromatic N) is 6. The van der Waals surface area contributed by atoms with Crippen molar-refractivity contribution < 1.29 is 9.63 Å². The molecule has 1 aromatic carbocycles. The molecule has 0 aliphatic carbocycles. The summed E-state index contributed by atoms with van der Waals surface area (Å²) in [5.74, 6) is 0.501. The molecule has 26 heavy (non-hydrogen) atoms. The Kier molecular flexibility index (Phi) is 3.46. The average Bonchev–Trinajstić information content (AvgIpc) is 3.26. The van der Waals surface area contributed by atoms with Crippen LogP contribution in [0, 0.1) is 0 Å². The van der Waals surface area contributed by atoms with Gasteiger partial charge >= 0.3 is 5.69 Å². The Bertz CT molecular complexity index is 1250. The minimum atomic E-state index is -0.454. The van der Waals surface area contributed by atoms with Crippen LogP contribution in [0.1, 0.15) is 5.82 Å². The van der Waals surface area contributed by atoms with E-state index in [4.69, 9.17) is 4.52 Å². The van der Waals surface area contributed by atoms with Gasteiger partial charge in [-0.15, -0.1) is 0 Å². The molecule has 0 atom stereocenters. The summed E-state index contributed by atoms with van der Waals surface area (Å²) >= 11 is 0. The number of imidazole rings is 1. The first-order valence-corrected chi connectivity index (χ1v) is 7.69. The highest BCUT2D eigenvalue weighted by molar-refractivity contribution is 5.70. The minimum absolute atomic E-state index is 0.0275. The summed E-state index contributed by atoms with van der Waals surface area (Å²) in [7, 11) is 2.96. The number of hydrogen-bond donors (Lipinski definition) is 1. The van der Waals surface area contributed by atoms with Gasteiger partial charge in [0.1, 0.15) is 5.75 Å². The fraction of sp³-hybridized carbons (Fsp3) is 0.188. The third-order valence-corrected chi connectivity index (χ3v) is 4.13. The fourth-order valence-electron chi connectivity index (χ4n) is 2.75. The van der Waals surface area contributed by atoms with Crippen LogP contribution in [0.5, 0.6) is 5.75 Å². The van der Waals surface area contributed by atoms with Gasteiger partial charge in [0.05, 0.1) is 18.4 Å². The van der Waals surface area contributed by atoms with Crippen LogP contribution in [0.4, 0.5) is 0 Å². The monoisotopic (exact) mass is 354 g/mol. The number of aromatic hydroxyl groups is 1. The quantitative estimate of drug-likeness (QED) is 0.559. The number of fused-ring (bicyclic) bond motifs is 1. The second-order valence-corrected chi connectivity index (χ2v) is 5.78. The number of aromatic nitrogens is 6. The predicted molar refractivity (Wildman–Crippen MR) is 90.7 cm³/mol. The Balaban J connectivity index is 1.77. The van der Waals surface area contributed by atoms with Crippen LogP contribution in [-0.2, 0) is 20.6 Å². The Morgan fingerprint density at radius 3 is 2.69 bits per heavy atom. The number of rotatable bonds is 3. The maximum atomic E-state index is 12.4. The molecule has 0 amide bonds. The Morgan fingerprint density at radius 2 is 1.92 bits per heavy atom. The molecule has 4 aromatic rings. The molecule has 10 nitrogen and oxygen atoms in total. The molecular weight excluding hydrogens is 340 g/mol. The smallest absolute Gasteiger partial charge is 0.332 e. The molecule has 3 heterocycles. The normalized spacial score (nSPS) is 11.3. The molecule has 0 radical (unpaired) electrons. The number of aryl methyl sites for hydroxylation is 1. The number of phenols is 1. The molecule has 0 spiro atoms. The molecule has 0 aliphatic heterocycles. The summed E-state index contributed by atoms with van der Waals surface area (Å²) in [6.45, 7) is 0.126. The van der Waals surface area contributed by atoms with E-state index in [1.807, 2.05) is 0 Å². The standard InChI is InChI=1S/C16H14N6O4/c1-20-13-12(15(24)21(2)16(20)25)22(8-17-13)7-11-18-14(26-19-11)9-5-3-4-6-10(9)23/h3-6,8,23H,7H2,1-2H3. The Hall–Kier alpha value is -3.69. The molecule has 0 saturated carbocycles. The van der Waals surface area contributed by atoms with Gasteiger partial charge in [0.2, 0.25) is 0 Å². The van der Waals surface area contributed by atoms with Crippen molar-refractivity contribution in [2.75, 3.05) is 0 Å². The van der Waals surface area contributed by atoms with E-state index in [1.54, 1.807) is 29.8 Å². The van der Waals surface area contributed by atoms with E-state index in [1.165, 1.54) is 24.0 Å². The summed E-state index contributed by atoms with van der Waals surface area (Å²) in [4.78, 5) is 32.8. The molecule has 0 bridgehead atoms. The lowest BCUT2D eigenvalue weighted by Crippen LogP contribution is -2.37. The van der Waals surface area contributed by atoms with Crippen LogP contribution in [-0.4, -0.2) is 33.9 Å². The molecule has 0 aliphatic rings. The van der Waals surface area contributed by atoms with Crippen LogP contribution in [0.15, 0.2) is 44.7 Å². The minimum Gasteiger partial charge on any atom is -0.507 e. The third-order valence-electron chi connectivity index (χ3n) is 4.13. The lowest BCUT2D eigenvalue weighted by molar-refractivity contribution is 0.416. The lowest BCUT2D eigenvalue weighted by atomic mass is 10.2. The van der Waals surface area contributed by atoms with E-state index in [2.05, 4.69) is 15.1 Å². The van der Waals surface area contributed by atoms with Crippen molar-refractivity contribution in [1.29, 1.82) is 0 Å². The van der Waals surface area contributed by atoms with Gasteiger partial charge in [0, 0.05) is 14.1 Å². The van der Waals surface area contributed by atoms with Crippen LogP contribution < -0.4 is 11.2 Å². The van der Waals surface area contributed by atoms with Gasteiger partial charge in [-0.3, -0.25) is 13.9 Å². The third kappa shape index (κ3) is 2.31. The fourth-order valence-corrected chi connectivity index (χ4v) is 2.75. The van der Waals surface area contributed by atoms with Gasteiger partial charge in [0.25, 0.3) is 11.4 Å². The van der Waals surface area contributed by atoms with Crippen molar-refractivity contribution in [3.05, 3.63) is 57.3 Å². The van der Waals surface area contributed by atoms with Gasteiger partial charge in [-0.05, 0) is 12.1 Å². The van der Waals surface area contributed by atoms with E-state index < -0.39 is 11.2 Å². The molecule has 132 valence electrons. The predicted octanol–water partition coefficient (Wildman–Crippen LogP) is 0.238. The Labute approximate surface area is 145 Å². The maximum Gasteiger partial charge on any atom is 0.332 e. The highest BCUT2D eigenvalue weighted by Crippen LogP contribution is 2.27. The topological polar surface area (TPSA) is 121 Å². The molecule has 0 fully saturated rings. The molecule has 10 heteroatoms. The SMILES string of the molecule is Cn1c(=O)c2c(ncn2Cc2noc(-c3ccccc3O)n2)n(C)c1=O. The second kappa shape index (κ2) is 5.69. The first-order valence-electron chi connectivity index (χ1n) is 7.69. The van der Waals surface area contributed by atoms with Crippen molar-refractivity contribution in [2.45, 2.75) is 6.54 Å². The molecular formula is C16H14N6O4. The summed E-state index contributed by atoms with van der Waals surface area (Å²) in [6.07, 6.45) is 1.45. The largest absolute Gasteiger partial charge is 0.507 e. The van der Waals surface area contributed by atoms with Crippen LogP contribution in [0.3, 0.4) is 0 Å². The summed E-state index contributed by atoms with van der Waals surface area (Å²) in [5, 5.41) is 13.8. The van der Waals surface area contributed by atoms with Crippen molar-refractivity contribution in [3.8, 4) is 17.2 Å². The van der Waals surface area contributed by atoms with Crippen molar-refractivity contribution in [2.24, 2.45) is 14.1 Å². The van der Waals surface area contributed by atoms with E-state index in [0.717, 1.165) is 4.57 Å². The van der Waals surface area contributed by atoms with E-state index in [0.29, 0.717) is 11.4 Å². The van der Waals surface area contributed by atoms with Gasteiger partial charge < -0.3 is 14.2 Å². The molecule has 0 saturated heterocycles.